The van der Waals surface area contributed by atoms with Gasteiger partial charge in [-0.1, -0.05) is 0 Å². The van der Waals surface area contributed by atoms with Gasteiger partial charge in [-0.2, -0.15) is 0 Å². The van der Waals surface area contributed by atoms with Crippen LogP contribution in [0.4, 0.5) is 0 Å². The fourth-order valence-electron chi connectivity index (χ4n) is 0.411. The average molecular weight is 118 g/mol. The van der Waals surface area contributed by atoms with Gasteiger partial charge in [-0.25, -0.2) is 0 Å². The minimum absolute atomic E-state index is 0.254. The number of epoxide rings is 1. The Bertz CT molecular complexity index is 66.1. The Hall–Kier alpha value is -0.120. The van der Waals surface area contributed by atoms with E-state index in [4.69, 9.17) is 14.6 Å². The summed E-state index contributed by atoms with van der Waals surface area (Å²) in [5.41, 5.74) is 0. The van der Waals surface area contributed by atoms with Crippen LogP contribution in [0.15, 0.2) is 0 Å². The first-order chi connectivity index (χ1) is 3.79. The zero-order chi connectivity index (χ0) is 5.98. The largest absolute Gasteiger partial charge is 0.371 e. The molecule has 3 heteroatoms. The summed E-state index contributed by atoms with van der Waals surface area (Å²) in [5, 5.41) is 8.55. The van der Waals surface area contributed by atoms with Gasteiger partial charge in [0.2, 0.25) is 0 Å². The lowest BCUT2D eigenvalue weighted by Crippen LogP contribution is -2.10. The van der Waals surface area contributed by atoms with Crippen LogP contribution in [0, 0.1) is 0 Å². The van der Waals surface area contributed by atoms with Gasteiger partial charge in [0.1, 0.15) is 6.10 Å². The first-order valence-corrected chi connectivity index (χ1v) is 2.70. The van der Waals surface area contributed by atoms with Crippen molar-refractivity contribution in [1.82, 2.24) is 0 Å². The number of hydrogen-bond acceptors (Lipinski definition) is 3. The maximum atomic E-state index is 8.55. The summed E-state index contributed by atoms with van der Waals surface area (Å²) in [5.74, 6) is 0. The van der Waals surface area contributed by atoms with E-state index in [1.165, 1.54) is 0 Å². The highest BCUT2D eigenvalue weighted by Crippen LogP contribution is 2.08. The van der Waals surface area contributed by atoms with Crippen molar-refractivity contribution in [2.75, 3.05) is 13.2 Å². The molecule has 1 saturated heterocycles. The monoisotopic (exact) mass is 118 g/mol. The second-order valence-electron chi connectivity index (χ2n) is 1.89. The maximum absolute atomic E-state index is 8.55. The van der Waals surface area contributed by atoms with Gasteiger partial charge in [0.25, 0.3) is 0 Å². The normalized spacial score (nSPS) is 30.0. The fraction of sp³-hybridized carbons (Fsp3) is 1.00. The molecule has 1 aliphatic heterocycles. The SMILES string of the molecule is C[C@@H](O)OCC1CO1. The molecule has 0 aliphatic carbocycles. The van der Waals surface area contributed by atoms with E-state index in [9.17, 15) is 0 Å². The van der Waals surface area contributed by atoms with Gasteiger partial charge in [-0.15, -0.1) is 0 Å². The Morgan fingerprint density at radius 2 is 2.62 bits per heavy atom. The van der Waals surface area contributed by atoms with E-state index in [1.54, 1.807) is 6.92 Å². The third kappa shape index (κ3) is 2.26. The third-order valence-electron chi connectivity index (χ3n) is 0.926. The van der Waals surface area contributed by atoms with Gasteiger partial charge >= 0.3 is 0 Å². The van der Waals surface area contributed by atoms with Gasteiger partial charge in [0.15, 0.2) is 6.29 Å². The van der Waals surface area contributed by atoms with E-state index in [1.807, 2.05) is 0 Å². The van der Waals surface area contributed by atoms with Crippen LogP contribution in [0.2, 0.25) is 0 Å². The molecule has 0 aromatic rings. The van der Waals surface area contributed by atoms with E-state index in [0.717, 1.165) is 6.61 Å². The minimum atomic E-state index is -0.654. The molecule has 1 N–H and O–H groups in total. The van der Waals surface area contributed by atoms with Crippen LogP contribution in [-0.2, 0) is 9.47 Å². The topological polar surface area (TPSA) is 42.0 Å². The summed E-state index contributed by atoms with van der Waals surface area (Å²) in [4.78, 5) is 0. The number of aliphatic hydroxyl groups is 1. The highest BCUT2D eigenvalue weighted by Gasteiger charge is 2.22. The van der Waals surface area contributed by atoms with Crippen LogP contribution in [0.25, 0.3) is 0 Å². The van der Waals surface area contributed by atoms with Crippen molar-refractivity contribution in [3.05, 3.63) is 0 Å². The molecule has 0 bridgehead atoms. The summed E-state index contributed by atoms with van der Waals surface area (Å²) in [6.07, 6.45) is -0.399. The Morgan fingerprint density at radius 3 is 3.00 bits per heavy atom. The number of hydrogen-bond donors (Lipinski definition) is 1. The van der Waals surface area contributed by atoms with Crippen LogP contribution in [0.3, 0.4) is 0 Å². The summed E-state index contributed by atoms with van der Waals surface area (Å²) in [6.45, 7) is 2.90. The summed E-state index contributed by atoms with van der Waals surface area (Å²) < 4.78 is 9.62. The average Bonchev–Trinajstić information content (AvgIpc) is 2.41. The molecular weight excluding hydrogens is 108 g/mol. The molecule has 0 aromatic carbocycles. The lowest BCUT2D eigenvalue weighted by atomic mass is 10.5. The van der Waals surface area contributed by atoms with Crippen molar-refractivity contribution in [2.24, 2.45) is 0 Å². The first-order valence-electron chi connectivity index (χ1n) is 2.70. The Kier molecular flexibility index (Phi) is 1.83. The maximum Gasteiger partial charge on any atom is 0.151 e. The third-order valence-corrected chi connectivity index (χ3v) is 0.926. The van der Waals surface area contributed by atoms with Gasteiger partial charge in [0.05, 0.1) is 13.2 Å². The molecular formula is C5H10O3. The molecule has 1 rings (SSSR count). The molecule has 0 saturated carbocycles. The number of aliphatic hydroxyl groups excluding tert-OH is 1. The van der Waals surface area contributed by atoms with E-state index >= 15 is 0 Å². The van der Waals surface area contributed by atoms with Gasteiger partial charge in [-0.3, -0.25) is 0 Å². The molecule has 48 valence electrons. The van der Waals surface area contributed by atoms with Crippen molar-refractivity contribution in [3.8, 4) is 0 Å². The second kappa shape index (κ2) is 2.44. The van der Waals surface area contributed by atoms with Crippen LogP contribution >= 0.6 is 0 Å². The predicted molar refractivity (Wildman–Crippen MR) is 27.4 cm³/mol. The van der Waals surface area contributed by atoms with Gasteiger partial charge < -0.3 is 14.6 Å². The highest BCUT2D eigenvalue weighted by atomic mass is 16.6. The van der Waals surface area contributed by atoms with Crippen molar-refractivity contribution in [1.29, 1.82) is 0 Å². The zero-order valence-electron chi connectivity index (χ0n) is 4.83. The zero-order valence-corrected chi connectivity index (χ0v) is 4.83. The van der Waals surface area contributed by atoms with E-state index in [0.29, 0.717) is 6.61 Å². The predicted octanol–water partition coefficient (Wildman–Crippen LogP) is -0.260. The summed E-state index contributed by atoms with van der Waals surface area (Å²) >= 11 is 0. The Balaban J connectivity index is 1.87. The van der Waals surface area contributed by atoms with Crippen molar-refractivity contribution >= 4 is 0 Å². The van der Waals surface area contributed by atoms with E-state index in [2.05, 4.69) is 0 Å². The molecule has 1 unspecified atom stereocenters. The standard InChI is InChI=1S/C5H10O3/c1-4(6)7-2-5-3-8-5/h4-6H,2-3H2,1H3/t4-,5?/m0/s1. The van der Waals surface area contributed by atoms with Crippen LogP contribution in [-0.4, -0.2) is 30.7 Å². The van der Waals surface area contributed by atoms with Crippen LogP contribution in [0.1, 0.15) is 6.92 Å². The van der Waals surface area contributed by atoms with Crippen molar-refractivity contribution in [2.45, 2.75) is 19.3 Å². The molecule has 3 nitrogen and oxygen atoms in total. The Morgan fingerprint density at radius 1 is 2.00 bits per heavy atom. The lowest BCUT2D eigenvalue weighted by molar-refractivity contribution is -0.0888. The minimum Gasteiger partial charge on any atom is -0.371 e. The fourth-order valence-corrected chi connectivity index (χ4v) is 0.411. The first kappa shape index (κ1) is 6.01. The summed E-state index contributed by atoms with van der Waals surface area (Å²) in [7, 11) is 0. The number of rotatable bonds is 3. The molecule has 0 amide bonds. The Labute approximate surface area is 48.2 Å². The molecule has 0 radical (unpaired) electrons. The van der Waals surface area contributed by atoms with Gasteiger partial charge in [-0.05, 0) is 6.92 Å². The van der Waals surface area contributed by atoms with E-state index in [-0.39, 0.29) is 6.10 Å². The highest BCUT2D eigenvalue weighted by molar-refractivity contribution is 4.66. The molecule has 1 fully saturated rings. The van der Waals surface area contributed by atoms with Gasteiger partial charge in [0, 0.05) is 0 Å². The summed E-state index contributed by atoms with van der Waals surface area (Å²) in [6, 6.07) is 0. The van der Waals surface area contributed by atoms with Crippen molar-refractivity contribution < 1.29 is 14.6 Å². The van der Waals surface area contributed by atoms with Crippen LogP contribution < -0.4 is 0 Å². The molecule has 2 atom stereocenters. The molecule has 0 aromatic heterocycles. The lowest BCUT2D eigenvalue weighted by Gasteiger charge is -2.01. The van der Waals surface area contributed by atoms with E-state index < -0.39 is 6.29 Å². The second-order valence-corrected chi connectivity index (χ2v) is 1.89. The molecule has 8 heavy (non-hydrogen) atoms. The number of ether oxygens (including phenoxy) is 2. The van der Waals surface area contributed by atoms with Crippen molar-refractivity contribution in [3.63, 3.8) is 0 Å². The smallest absolute Gasteiger partial charge is 0.151 e. The molecule has 1 heterocycles. The quantitative estimate of drug-likeness (QED) is 0.410. The molecule has 0 spiro atoms. The van der Waals surface area contributed by atoms with Crippen LogP contribution in [0.5, 0.6) is 0 Å². The molecule has 1 aliphatic rings.